The Balaban J connectivity index is 1.33. The summed E-state index contributed by atoms with van der Waals surface area (Å²) in [6.07, 6.45) is 0. The maximum absolute atomic E-state index is 12.5. The monoisotopic (exact) mass is 664 g/mol. The standard InChI is InChI=1S/C50H32O2/c51-49-45-29-41-10-1-3-22-43(41)47(49)48-44-23-4-2-11-42(44)30-46(50(48)52)40-21-9-19-38(28-40)36-17-7-15-34(26-36)32-13-5-12-31(24-32)33-14-6-16-35(25-33)37-18-8-20-39(45)27-37/h1-30,51-52H. The lowest BCUT2D eigenvalue weighted by Crippen LogP contribution is -1.92. The van der Waals surface area contributed by atoms with Gasteiger partial charge in [-0.1, -0.05) is 140 Å². The van der Waals surface area contributed by atoms with Crippen molar-refractivity contribution in [3.8, 4) is 89.4 Å². The summed E-state index contributed by atoms with van der Waals surface area (Å²) in [7, 11) is 0. The fraction of sp³-hybridized carbons (Fsp3) is 0. The van der Waals surface area contributed by atoms with Crippen LogP contribution in [0.2, 0.25) is 0 Å². The quantitative estimate of drug-likeness (QED) is 0.169. The Kier molecular flexibility index (Phi) is 6.84. The molecule has 0 radical (unpaired) electrons. The molecule has 0 amide bonds. The van der Waals surface area contributed by atoms with Crippen LogP contribution in [0.15, 0.2) is 182 Å². The minimum Gasteiger partial charge on any atom is -0.507 e. The van der Waals surface area contributed by atoms with Crippen molar-refractivity contribution in [2.45, 2.75) is 0 Å². The number of rotatable bonds is 0. The Labute approximate surface area is 302 Å². The molecule has 0 spiro atoms. The topological polar surface area (TPSA) is 40.5 Å². The predicted octanol–water partition coefficient (Wildman–Crippen LogP) is 13.4. The van der Waals surface area contributed by atoms with Crippen molar-refractivity contribution in [1.29, 1.82) is 0 Å². The van der Waals surface area contributed by atoms with Crippen LogP contribution < -0.4 is 0 Å². The smallest absolute Gasteiger partial charge is 0.132 e. The maximum atomic E-state index is 12.5. The lowest BCUT2D eigenvalue weighted by atomic mass is 9.86. The zero-order valence-electron chi connectivity index (χ0n) is 28.2. The molecule has 1 aliphatic carbocycles. The Morgan fingerprint density at radius 3 is 0.846 bits per heavy atom. The lowest BCUT2D eigenvalue weighted by Gasteiger charge is -2.20. The number of phenolic OH excluding ortho intramolecular Hbond substituents is 2. The third-order valence-electron chi connectivity index (χ3n) is 10.6. The van der Waals surface area contributed by atoms with Crippen LogP contribution in [-0.4, -0.2) is 10.2 Å². The van der Waals surface area contributed by atoms with Crippen LogP contribution in [0.25, 0.3) is 99.4 Å². The summed E-state index contributed by atoms with van der Waals surface area (Å²) in [5.41, 5.74) is 13.3. The second-order valence-corrected chi connectivity index (χ2v) is 13.6. The highest BCUT2D eigenvalue weighted by Gasteiger charge is 2.23. The van der Waals surface area contributed by atoms with Crippen molar-refractivity contribution in [2.24, 2.45) is 0 Å². The maximum Gasteiger partial charge on any atom is 0.132 e. The second-order valence-electron chi connectivity index (χ2n) is 13.6. The predicted molar refractivity (Wildman–Crippen MR) is 216 cm³/mol. The van der Waals surface area contributed by atoms with Gasteiger partial charge in [-0.25, -0.2) is 0 Å². The van der Waals surface area contributed by atoms with Gasteiger partial charge < -0.3 is 10.2 Å². The van der Waals surface area contributed by atoms with Crippen LogP contribution in [0.5, 0.6) is 11.5 Å². The molecule has 2 nitrogen and oxygen atoms in total. The molecule has 10 rings (SSSR count). The number of fused-ring (bicyclic) bond motifs is 25. The highest BCUT2D eigenvalue weighted by molar-refractivity contribution is 6.14. The summed E-state index contributed by atoms with van der Waals surface area (Å²) in [5, 5.41) is 28.7. The largest absolute Gasteiger partial charge is 0.507 e. The number of hydrogen-bond acceptors (Lipinski definition) is 2. The molecule has 0 heterocycles. The van der Waals surface area contributed by atoms with E-state index in [1.54, 1.807) is 0 Å². The summed E-state index contributed by atoms with van der Waals surface area (Å²) in [6, 6.07) is 63.1. The van der Waals surface area contributed by atoms with Gasteiger partial charge in [-0.15, -0.1) is 0 Å². The molecule has 0 saturated carbocycles. The minimum atomic E-state index is 0.135. The minimum absolute atomic E-state index is 0.135. The van der Waals surface area contributed by atoms with Crippen molar-refractivity contribution in [3.05, 3.63) is 182 Å². The van der Waals surface area contributed by atoms with Crippen LogP contribution in [-0.2, 0) is 0 Å². The third-order valence-corrected chi connectivity index (χ3v) is 10.6. The van der Waals surface area contributed by atoms with Gasteiger partial charge in [0.2, 0.25) is 0 Å². The number of benzene rings is 9. The highest BCUT2D eigenvalue weighted by atomic mass is 16.3. The summed E-state index contributed by atoms with van der Waals surface area (Å²) < 4.78 is 0. The van der Waals surface area contributed by atoms with E-state index < -0.39 is 0 Å². The number of aromatic hydroxyl groups is 2. The Morgan fingerprint density at radius 1 is 0.250 bits per heavy atom. The molecule has 0 fully saturated rings. The van der Waals surface area contributed by atoms with Crippen molar-refractivity contribution in [1.82, 2.24) is 0 Å². The molecule has 0 aliphatic heterocycles. The van der Waals surface area contributed by atoms with Gasteiger partial charge in [-0.3, -0.25) is 0 Å². The van der Waals surface area contributed by atoms with E-state index in [1.807, 2.05) is 48.5 Å². The fourth-order valence-electron chi connectivity index (χ4n) is 7.99. The van der Waals surface area contributed by atoms with Crippen LogP contribution in [0, 0.1) is 0 Å². The molecule has 2 N–H and O–H groups in total. The van der Waals surface area contributed by atoms with Crippen molar-refractivity contribution in [2.75, 3.05) is 0 Å². The fourth-order valence-corrected chi connectivity index (χ4v) is 7.99. The van der Waals surface area contributed by atoms with Gasteiger partial charge in [0.1, 0.15) is 11.5 Å². The van der Waals surface area contributed by atoms with Crippen LogP contribution in [0.1, 0.15) is 0 Å². The first-order valence-electron chi connectivity index (χ1n) is 17.6. The molecule has 0 aromatic heterocycles. The Hall–Kier alpha value is -6.90. The van der Waals surface area contributed by atoms with Gasteiger partial charge in [0.05, 0.1) is 0 Å². The van der Waals surface area contributed by atoms with Crippen LogP contribution in [0.3, 0.4) is 0 Å². The van der Waals surface area contributed by atoms with E-state index >= 15 is 0 Å². The molecule has 0 saturated heterocycles. The average Bonchev–Trinajstić information content (AvgIpc) is 3.21. The molecule has 1 aliphatic rings. The lowest BCUT2D eigenvalue weighted by molar-refractivity contribution is 0.472. The van der Waals surface area contributed by atoms with Gasteiger partial charge in [-0.05, 0) is 120 Å². The Morgan fingerprint density at radius 2 is 0.519 bits per heavy atom. The molecule has 244 valence electrons. The van der Waals surface area contributed by atoms with Crippen LogP contribution >= 0.6 is 0 Å². The molecule has 52 heavy (non-hydrogen) atoms. The highest BCUT2D eigenvalue weighted by Crippen LogP contribution is 2.52. The van der Waals surface area contributed by atoms with Gasteiger partial charge in [0, 0.05) is 22.3 Å². The summed E-state index contributed by atoms with van der Waals surface area (Å²) in [5.74, 6) is 0.269. The van der Waals surface area contributed by atoms with Crippen molar-refractivity contribution < 1.29 is 10.2 Å². The second kappa shape index (κ2) is 11.9. The van der Waals surface area contributed by atoms with Gasteiger partial charge in [0.15, 0.2) is 0 Å². The molecule has 0 unspecified atom stereocenters. The zero-order chi connectivity index (χ0) is 34.8. The molecular weight excluding hydrogens is 633 g/mol. The van der Waals surface area contributed by atoms with Gasteiger partial charge in [0.25, 0.3) is 0 Å². The van der Waals surface area contributed by atoms with Crippen molar-refractivity contribution >= 4 is 21.5 Å². The van der Waals surface area contributed by atoms with E-state index in [9.17, 15) is 10.2 Å². The zero-order valence-corrected chi connectivity index (χ0v) is 28.2. The first kappa shape index (κ1) is 30.0. The third kappa shape index (κ3) is 4.88. The average molecular weight is 665 g/mol. The number of hydrogen-bond donors (Lipinski definition) is 2. The van der Waals surface area contributed by atoms with E-state index in [2.05, 4.69) is 133 Å². The molecule has 0 atom stereocenters. The van der Waals surface area contributed by atoms with E-state index in [0.717, 1.165) is 77.2 Å². The molecule has 14 bridgehead atoms. The molecule has 9 aromatic rings. The normalized spacial score (nSPS) is 11.6. The first-order chi connectivity index (χ1) is 25.6. The summed E-state index contributed by atoms with van der Waals surface area (Å²) >= 11 is 0. The van der Waals surface area contributed by atoms with Gasteiger partial charge >= 0.3 is 0 Å². The Bertz CT molecular complexity index is 2690. The molecular formula is C50H32O2. The molecule has 9 aromatic carbocycles. The summed E-state index contributed by atoms with van der Waals surface area (Å²) in [4.78, 5) is 0. The van der Waals surface area contributed by atoms with E-state index in [4.69, 9.17) is 0 Å². The number of phenols is 2. The first-order valence-corrected chi connectivity index (χ1v) is 17.6. The SMILES string of the molecule is Oc1c2cc3ccccc3c1-c1c(O)c(cc3ccccc13)-c1cccc(c1)-c1cccc(c1)-c1cccc(c1)-c1cccc(c1)-c1cccc-2c1. The van der Waals surface area contributed by atoms with E-state index in [0.29, 0.717) is 22.3 Å². The van der Waals surface area contributed by atoms with Gasteiger partial charge in [-0.2, -0.15) is 0 Å². The molecule has 2 heteroatoms. The van der Waals surface area contributed by atoms with E-state index in [-0.39, 0.29) is 11.5 Å². The van der Waals surface area contributed by atoms with E-state index in [1.165, 1.54) is 0 Å². The summed E-state index contributed by atoms with van der Waals surface area (Å²) in [6.45, 7) is 0. The van der Waals surface area contributed by atoms with Crippen LogP contribution in [0.4, 0.5) is 0 Å². The van der Waals surface area contributed by atoms with Crippen molar-refractivity contribution in [3.63, 3.8) is 0 Å².